The summed E-state index contributed by atoms with van der Waals surface area (Å²) in [6, 6.07) is 0. The molecule has 2 heterocycles. The van der Waals surface area contributed by atoms with Crippen LogP contribution in [0, 0.1) is 13.8 Å². The lowest BCUT2D eigenvalue weighted by molar-refractivity contribution is -0.114. The third-order valence-electron chi connectivity index (χ3n) is 8.46. The van der Waals surface area contributed by atoms with Gasteiger partial charge in [0.05, 0.1) is 62.5 Å². The molecular formula is C42H81Cl4N3OP2S3. The van der Waals surface area contributed by atoms with Crippen LogP contribution in [-0.2, 0) is 16.8 Å². The Hall–Kier alpha value is 0.840. The molecule has 2 rings (SSSR count). The van der Waals surface area contributed by atoms with Crippen LogP contribution in [0.5, 0.6) is 0 Å². The SMILES string of the molecule is CC(N)=S.CCCCC[P+](CCCCC)(CCCCC)Cc1csc(C)n1.CCCCP(CCCC)CCCC.Cc1nc(CCl)cs1.O=C(CCl)CCl.[Cl-]. The highest BCUT2D eigenvalue weighted by molar-refractivity contribution is 7.80. The van der Waals surface area contributed by atoms with Crippen LogP contribution in [0.4, 0.5) is 0 Å². The lowest BCUT2D eigenvalue weighted by Gasteiger charge is -2.27. The van der Waals surface area contributed by atoms with Gasteiger partial charge in [-0.2, -0.15) is 0 Å². The maximum atomic E-state index is 9.92. The molecule has 0 aliphatic rings. The van der Waals surface area contributed by atoms with Crippen molar-refractivity contribution in [1.82, 2.24) is 9.97 Å². The van der Waals surface area contributed by atoms with Crippen molar-refractivity contribution in [3.63, 3.8) is 0 Å². The molecule has 0 aliphatic heterocycles. The third-order valence-corrected chi connectivity index (χ3v) is 18.6. The summed E-state index contributed by atoms with van der Waals surface area (Å²) in [5, 5.41) is 6.64. The predicted octanol–water partition coefficient (Wildman–Crippen LogP) is 12.9. The zero-order valence-electron chi connectivity index (χ0n) is 36.3. The van der Waals surface area contributed by atoms with E-state index in [4.69, 9.17) is 45.5 Å². The maximum Gasteiger partial charge on any atom is 0.162 e. The molecule has 326 valence electrons. The van der Waals surface area contributed by atoms with E-state index in [2.05, 4.69) is 71.0 Å². The number of unbranched alkanes of at least 4 members (excludes halogenated alkanes) is 9. The minimum absolute atomic E-state index is 0. The summed E-state index contributed by atoms with van der Waals surface area (Å²) in [7, 11) is -0.428. The standard InChI is InChI=1S/C20H39NPS.C12H27P.C5H6ClNS.C3H4Cl2O.C2H5NS.ClH/c1-5-8-11-14-22(15-12-9-6-2,16-13-10-7-3)17-20-18-23-19(4)21-20;1-4-7-10-13(11-8-5-2)12-9-6-3;1-4-7-5(2-6)3-8-4;4-1-3(6)2-5;1-2(3)4;/h18H,5-17H2,1-4H3;4-12H2,1-3H3;3H,2H2,1H3;1-2H2;1H3,(H2,3,4);1H/q+1;;;;;/p-1. The van der Waals surface area contributed by atoms with E-state index in [1.165, 1.54) is 132 Å². The molecule has 0 unspecified atom stereocenters. The number of hydrogen-bond donors (Lipinski definition) is 1. The van der Waals surface area contributed by atoms with Gasteiger partial charge in [-0.3, -0.25) is 4.79 Å². The molecule has 4 nitrogen and oxygen atoms in total. The number of hydrogen-bond acceptors (Lipinski definition) is 6. The molecule has 0 aromatic carbocycles. The van der Waals surface area contributed by atoms with E-state index in [9.17, 15) is 4.79 Å². The second-order valence-corrected chi connectivity index (χ2v) is 24.6. The van der Waals surface area contributed by atoms with Crippen molar-refractivity contribution in [2.45, 2.75) is 171 Å². The summed E-state index contributed by atoms with van der Waals surface area (Å²) in [5.74, 6) is 0.468. The van der Waals surface area contributed by atoms with Crippen molar-refractivity contribution < 1.29 is 17.2 Å². The molecule has 0 saturated carbocycles. The number of carbonyl (C=O) groups is 1. The minimum Gasteiger partial charge on any atom is -1.00 e. The highest BCUT2D eigenvalue weighted by Gasteiger charge is 2.36. The van der Waals surface area contributed by atoms with Crippen molar-refractivity contribution in [3.05, 3.63) is 32.2 Å². The Balaban J connectivity index is -0.000000341. The highest BCUT2D eigenvalue weighted by Crippen LogP contribution is 2.63. The number of aromatic nitrogens is 2. The summed E-state index contributed by atoms with van der Waals surface area (Å²) in [6.45, 7) is 19.7. The molecule has 0 radical (unpaired) electrons. The lowest BCUT2D eigenvalue weighted by Crippen LogP contribution is -3.00. The summed E-state index contributed by atoms with van der Waals surface area (Å²) in [5.41, 5.74) is 7.23. The number of thiocarbonyl (C=S) groups is 1. The monoisotopic (exact) mass is 941 g/mol. The van der Waals surface area contributed by atoms with Gasteiger partial charge in [0.1, 0.15) is 6.16 Å². The average Bonchev–Trinajstić information content (AvgIpc) is 3.78. The molecule has 55 heavy (non-hydrogen) atoms. The largest absolute Gasteiger partial charge is 1.00 e. The average molecular weight is 944 g/mol. The summed E-state index contributed by atoms with van der Waals surface area (Å²) < 4.78 is 0. The Morgan fingerprint density at radius 1 is 0.673 bits per heavy atom. The summed E-state index contributed by atoms with van der Waals surface area (Å²) in [4.78, 5) is 19.4. The van der Waals surface area contributed by atoms with E-state index >= 15 is 0 Å². The van der Waals surface area contributed by atoms with Gasteiger partial charge in [0.15, 0.2) is 5.78 Å². The smallest absolute Gasteiger partial charge is 0.162 e. The van der Waals surface area contributed by atoms with Crippen LogP contribution < -0.4 is 18.1 Å². The van der Waals surface area contributed by atoms with Gasteiger partial charge in [0.25, 0.3) is 0 Å². The molecule has 2 aromatic heterocycles. The zero-order chi connectivity index (χ0) is 41.5. The van der Waals surface area contributed by atoms with Gasteiger partial charge >= 0.3 is 0 Å². The number of nitrogens with two attached hydrogens (primary N) is 1. The van der Waals surface area contributed by atoms with E-state index in [1.54, 1.807) is 36.7 Å². The van der Waals surface area contributed by atoms with Gasteiger partial charge in [0.2, 0.25) is 0 Å². The second-order valence-electron chi connectivity index (χ2n) is 14.0. The Bertz CT molecular complexity index is 1060. The van der Waals surface area contributed by atoms with Crippen molar-refractivity contribution >= 4 is 95.7 Å². The lowest BCUT2D eigenvalue weighted by atomic mass is 10.3. The molecule has 0 amide bonds. The Labute approximate surface area is 377 Å². The number of nitrogens with zero attached hydrogens (tertiary/aromatic N) is 2. The van der Waals surface area contributed by atoms with Crippen LogP contribution in [0.25, 0.3) is 0 Å². The highest BCUT2D eigenvalue weighted by atomic mass is 35.5. The van der Waals surface area contributed by atoms with Gasteiger partial charge < -0.3 is 18.1 Å². The van der Waals surface area contributed by atoms with Crippen LogP contribution in [-0.4, -0.2) is 69.5 Å². The normalized spacial score (nSPS) is 10.4. The van der Waals surface area contributed by atoms with E-state index in [0.717, 1.165) is 10.7 Å². The molecule has 0 spiro atoms. The summed E-state index contributed by atoms with van der Waals surface area (Å²) >= 11 is 23.3. The molecular weight excluding hydrogens is 862 g/mol. The number of alkyl halides is 3. The van der Waals surface area contributed by atoms with Gasteiger partial charge in [-0.05, 0) is 77.8 Å². The van der Waals surface area contributed by atoms with Crippen molar-refractivity contribution in [3.8, 4) is 0 Å². The minimum atomic E-state index is -0.850. The Kier molecular flexibility index (Phi) is 52.2. The van der Waals surface area contributed by atoms with Crippen molar-refractivity contribution in [2.24, 2.45) is 5.73 Å². The van der Waals surface area contributed by atoms with Gasteiger partial charge in [-0.15, -0.1) is 65.4 Å². The van der Waals surface area contributed by atoms with Crippen LogP contribution in [0.15, 0.2) is 10.8 Å². The van der Waals surface area contributed by atoms with E-state index in [-0.39, 0.29) is 30.0 Å². The first kappa shape index (κ1) is 62.5. The van der Waals surface area contributed by atoms with Crippen molar-refractivity contribution in [1.29, 1.82) is 0 Å². The quantitative estimate of drug-likeness (QED) is 0.0440. The first-order chi connectivity index (χ1) is 25.9. The number of Topliss-reactive ketones (excluding diaryl/α,β-unsaturated/α-hetero) is 1. The van der Waals surface area contributed by atoms with E-state index in [1.807, 2.05) is 23.6 Å². The first-order valence-electron chi connectivity index (χ1n) is 20.7. The molecule has 0 fully saturated rings. The van der Waals surface area contributed by atoms with Crippen molar-refractivity contribution in [2.75, 3.05) is 48.7 Å². The fourth-order valence-electron chi connectivity index (χ4n) is 5.47. The molecule has 13 heteroatoms. The number of rotatable bonds is 26. The van der Waals surface area contributed by atoms with E-state index < -0.39 is 7.26 Å². The number of ketones is 1. The van der Waals surface area contributed by atoms with Gasteiger partial charge in [-0.1, -0.05) is 112 Å². The van der Waals surface area contributed by atoms with Gasteiger partial charge in [-0.25, -0.2) is 9.97 Å². The molecule has 2 N–H and O–H groups in total. The number of halogens is 4. The van der Waals surface area contributed by atoms with Crippen LogP contribution in [0.3, 0.4) is 0 Å². The van der Waals surface area contributed by atoms with Gasteiger partial charge in [0, 0.05) is 18.0 Å². The Morgan fingerprint density at radius 2 is 1.00 bits per heavy atom. The van der Waals surface area contributed by atoms with Crippen LogP contribution in [0.1, 0.15) is 166 Å². The Morgan fingerprint density at radius 3 is 1.22 bits per heavy atom. The molecule has 0 aliphatic carbocycles. The molecule has 0 saturated heterocycles. The fraction of sp³-hybridized carbons (Fsp3) is 0.810. The molecule has 0 atom stereocenters. The zero-order valence-corrected chi connectivity index (χ0v) is 43.6. The van der Waals surface area contributed by atoms with E-state index in [0.29, 0.717) is 18.8 Å². The third kappa shape index (κ3) is 42.8. The van der Waals surface area contributed by atoms with Crippen LogP contribution in [0.2, 0.25) is 0 Å². The summed E-state index contributed by atoms with van der Waals surface area (Å²) in [6.07, 6.45) is 31.7. The first-order valence-corrected chi connectivity index (χ1v) is 28.9. The topological polar surface area (TPSA) is 68.9 Å². The maximum absolute atomic E-state index is 9.92. The molecule has 2 aromatic rings. The fourth-order valence-corrected chi connectivity index (χ4v) is 15.0. The predicted molar refractivity (Wildman–Crippen MR) is 262 cm³/mol. The second kappa shape index (κ2) is 45.9. The number of aryl methyl sites for hydroxylation is 2. The van der Waals surface area contributed by atoms with Crippen LogP contribution >= 0.6 is 84.9 Å². The molecule has 0 bridgehead atoms. The number of carbonyl (C=O) groups excluding carboxylic acids is 1. The number of thiazole rings is 2.